The van der Waals surface area contributed by atoms with E-state index in [1.165, 1.54) is 0 Å². The number of esters is 1. The van der Waals surface area contributed by atoms with Gasteiger partial charge in [-0.2, -0.15) is 0 Å². The highest BCUT2D eigenvalue weighted by atomic mass is 35.5. The number of halogens is 1. The van der Waals surface area contributed by atoms with Gasteiger partial charge in [0.15, 0.2) is 0 Å². The lowest BCUT2D eigenvalue weighted by Gasteiger charge is -2.08. The summed E-state index contributed by atoms with van der Waals surface area (Å²) in [7, 11) is -3.87. The summed E-state index contributed by atoms with van der Waals surface area (Å²) in [5, 5.41) is 8.63. The van der Waals surface area contributed by atoms with Gasteiger partial charge in [0.2, 0.25) is 10.0 Å². The molecule has 21 heavy (non-hydrogen) atoms. The molecule has 0 aliphatic carbocycles. The first-order valence-electron chi connectivity index (χ1n) is 5.96. The van der Waals surface area contributed by atoms with Crippen LogP contribution in [0, 0.1) is 0 Å². The molecule has 0 aliphatic rings. The second kappa shape index (κ2) is 7.39. The van der Waals surface area contributed by atoms with Crippen LogP contribution in [0.25, 0.3) is 0 Å². The van der Waals surface area contributed by atoms with E-state index >= 15 is 0 Å². The number of carboxylic acids is 1. The molecule has 0 heterocycles. The maximum Gasteiger partial charge on any atom is 0.337 e. The van der Waals surface area contributed by atoms with Crippen LogP contribution in [-0.4, -0.2) is 38.6 Å². The average molecular weight is 336 g/mol. The summed E-state index contributed by atoms with van der Waals surface area (Å²) in [5.41, 5.74) is -0.192. The van der Waals surface area contributed by atoms with Crippen molar-refractivity contribution in [2.24, 2.45) is 0 Å². The fraction of sp³-hybridized carbons (Fsp3) is 0.333. The highest BCUT2D eigenvalue weighted by Gasteiger charge is 2.17. The number of carboxylic acid groups (broad SMARTS) is 1. The molecule has 1 aromatic carbocycles. The lowest BCUT2D eigenvalue weighted by Crippen LogP contribution is -2.26. The Morgan fingerprint density at radius 2 is 2.05 bits per heavy atom. The minimum absolute atomic E-state index is 0.103. The van der Waals surface area contributed by atoms with Gasteiger partial charge in [0.1, 0.15) is 0 Å². The van der Waals surface area contributed by atoms with Crippen LogP contribution >= 0.6 is 11.6 Å². The zero-order valence-corrected chi connectivity index (χ0v) is 12.7. The van der Waals surface area contributed by atoms with Gasteiger partial charge in [-0.15, -0.1) is 0 Å². The van der Waals surface area contributed by atoms with Crippen LogP contribution in [0.15, 0.2) is 23.1 Å². The molecule has 0 spiro atoms. The van der Waals surface area contributed by atoms with Gasteiger partial charge in [-0.3, -0.25) is 4.79 Å². The van der Waals surface area contributed by atoms with Crippen LogP contribution in [0.1, 0.15) is 23.7 Å². The number of benzene rings is 1. The first-order chi connectivity index (χ1) is 9.77. The smallest absolute Gasteiger partial charge is 0.337 e. The first kappa shape index (κ1) is 17.4. The number of hydrogen-bond acceptors (Lipinski definition) is 5. The number of nitrogens with one attached hydrogen (secondary N) is 1. The quantitative estimate of drug-likeness (QED) is 0.726. The Morgan fingerprint density at radius 3 is 2.57 bits per heavy atom. The Morgan fingerprint density at radius 1 is 1.38 bits per heavy atom. The number of carbonyl (C=O) groups is 2. The van der Waals surface area contributed by atoms with Gasteiger partial charge in [-0.25, -0.2) is 17.9 Å². The van der Waals surface area contributed by atoms with Crippen LogP contribution < -0.4 is 4.72 Å². The molecule has 2 N–H and O–H groups in total. The first-order valence-corrected chi connectivity index (χ1v) is 7.82. The summed E-state index contributed by atoms with van der Waals surface area (Å²) in [5.74, 6) is -1.77. The molecule has 0 radical (unpaired) electrons. The minimum atomic E-state index is -3.87. The summed E-state index contributed by atoms with van der Waals surface area (Å²) in [6, 6.07) is 3.27. The fourth-order valence-corrected chi connectivity index (χ4v) is 2.82. The Labute approximate surface area is 126 Å². The van der Waals surface area contributed by atoms with Gasteiger partial charge in [0.05, 0.1) is 28.5 Å². The predicted octanol–water partition coefficient (Wildman–Crippen LogP) is 1.27. The molecule has 0 saturated carbocycles. The Bertz CT molecular complexity index is 643. The van der Waals surface area contributed by atoms with Crippen LogP contribution in [0.2, 0.25) is 5.02 Å². The van der Waals surface area contributed by atoms with Crippen LogP contribution in [0.3, 0.4) is 0 Å². The van der Waals surface area contributed by atoms with Crippen molar-refractivity contribution in [2.45, 2.75) is 18.2 Å². The number of ether oxygens (including phenoxy) is 1. The number of rotatable bonds is 7. The molecule has 7 nitrogen and oxygen atoms in total. The predicted molar refractivity (Wildman–Crippen MR) is 74.8 cm³/mol. The van der Waals surface area contributed by atoms with Crippen molar-refractivity contribution in [1.29, 1.82) is 0 Å². The SMILES string of the molecule is CCOC(=O)CCNS(=O)(=O)c1ccc(C(=O)O)c(Cl)c1. The topological polar surface area (TPSA) is 110 Å². The van der Waals surface area contributed by atoms with Crippen molar-refractivity contribution in [1.82, 2.24) is 4.72 Å². The molecule has 0 atom stereocenters. The number of aromatic carboxylic acids is 1. The summed E-state index contributed by atoms with van der Waals surface area (Å²) < 4.78 is 30.7. The molecule has 1 aromatic rings. The fourth-order valence-electron chi connectivity index (χ4n) is 1.44. The van der Waals surface area contributed by atoms with E-state index in [0.717, 1.165) is 18.2 Å². The average Bonchev–Trinajstić information content (AvgIpc) is 2.38. The van der Waals surface area contributed by atoms with Crippen LogP contribution in [0.5, 0.6) is 0 Å². The highest BCUT2D eigenvalue weighted by molar-refractivity contribution is 7.89. The normalized spacial score (nSPS) is 11.1. The monoisotopic (exact) mass is 335 g/mol. The lowest BCUT2D eigenvalue weighted by molar-refractivity contribution is -0.142. The standard InChI is InChI=1S/C12H14ClNO6S/c1-2-20-11(15)5-6-14-21(18,19)8-3-4-9(12(16)17)10(13)7-8/h3-4,7,14H,2,5-6H2,1H3,(H,16,17). The molecule has 0 saturated heterocycles. The van der Waals surface area contributed by atoms with E-state index in [-0.39, 0.29) is 35.1 Å². The number of carbonyl (C=O) groups excluding carboxylic acids is 1. The van der Waals surface area contributed by atoms with E-state index in [9.17, 15) is 18.0 Å². The van der Waals surface area contributed by atoms with Gasteiger partial charge in [-0.05, 0) is 25.1 Å². The van der Waals surface area contributed by atoms with E-state index in [1.807, 2.05) is 0 Å². The zero-order valence-electron chi connectivity index (χ0n) is 11.1. The van der Waals surface area contributed by atoms with Gasteiger partial charge in [-0.1, -0.05) is 11.6 Å². The molecule has 0 unspecified atom stereocenters. The minimum Gasteiger partial charge on any atom is -0.478 e. The van der Waals surface area contributed by atoms with Gasteiger partial charge < -0.3 is 9.84 Å². The molecule has 0 bridgehead atoms. The molecule has 0 aliphatic heterocycles. The Kier molecular flexibility index (Phi) is 6.13. The maximum atomic E-state index is 11.9. The van der Waals surface area contributed by atoms with Gasteiger partial charge in [0, 0.05) is 6.54 Å². The molecular weight excluding hydrogens is 322 g/mol. The van der Waals surface area contributed by atoms with Crippen molar-refractivity contribution < 1.29 is 27.9 Å². The third-order valence-electron chi connectivity index (χ3n) is 2.41. The van der Waals surface area contributed by atoms with Crippen molar-refractivity contribution in [3.05, 3.63) is 28.8 Å². The largest absolute Gasteiger partial charge is 0.478 e. The van der Waals surface area contributed by atoms with E-state index in [4.69, 9.17) is 16.7 Å². The Balaban J connectivity index is 2.77. The van der Waals surface area contributed by atoms with E-state index in [0.29, 0.717) is 0 Å². The molecule has 0 fully saturated rings. The molecular formula is C12H14ClNO6S. The maximum absolute atomic E-state index is 11.9. The van der Waals surface area contributed by atoms with Crippen molar-refractivity contribution in [3.63, 3.8) is 0 Å². The molecule has 0 amide bonds. The van der Waals surface area contributed by atoms with Crippen molar-refractivity contribution in [3.8, 4) is 0 Å². The molecule has 9 heteroatoms. The van der Waals surface area contributed by atoms with Gasteiger partial charge in [0.25, 0.3) is 0 Å². The number of sulfonamides is 1. The van der Waals surface area contributed by atoms with E-state index in [2.05, 4.69) is 9.46 Å². The third-order valence-corrected chi connectivity index (χ3v) is 4.18. The van der Waals surface area contributed by atoms with E-state index < -0.39 is 22.0 Å². The number of hydrogen-bond donors (Lipinski definition) is 2. The molecule has 116 valence electrons. The third kappa shape index (κ3) is 5.00. The summed E-state index contributed by atoms with van der Waals surface area (Å²) in [4.78, 5) is 21.7. The molecule has 0 aromatic heterocycles. The second-order valence-corrected chi connectivity index (χ2v) is 6.07. The van der Waals surface area contributed by atoms with E-state index in [1.54, 1.807) is 6.92 Å². The van der Waals surface area contributed by atoms with Crippen molar-refractivity contribution in [2.75, 3.05) is 13.2 Å². The zero-order chi connectivity index (χ0) is 16.0. The van der Waals surface area contributed by atoms with Crippen LogP contribution in [-0.2, 0) is 19.6 Å². The summed E-state index contributed by atoms with van der Waals surface area (Å²) in [6.07, 6.45) is -0.103. The van der Waals surface area contributed by atoms with Gasteiger partial charge >= 0.3 is 11.9 Å². The molecule has 1 rings (SSSR count). The second-order valence-electron chi connectivity index (χ2n) is 3.90. The summed E-state index contributed by atoms with van der Waals surface area (Å²) in [6.45, 7) is 1.74. The van der Waals surface area contributed by atoms with Crippen LogP contribution in [0.4, 0.5) is 0 Å². The van der Waals surface area contributed by atoms with Crippen molar-refractivity contribution >= 4 is 33.6 Å². The Hall–Kier alpha value is -1.64. The summed E-state index contributed by atoms with van der Waals surface area (Å²) >= 11 is 5.71. The highest BCUT2D eigenvalue weighted by Crippen LogP contribution is 2.20. The lowest BCUT2D eigenvalue weighted by atomic mass is 10.2.